The fourth-order valence-corrected chi connectivity index (χ4v) is 4.86. The van der Waals surface area contributed by atoms with Crippen molar-refractivity contribution in [3.63, 3.8) is 0 Å². The molecule has 0 fully saturated rings. The SMILES string of the molecule is Cc1ccc(-c2c(NS(=O)(=O)c3ccc(C(C)(C)C)cc3)c(OCCOc3ncc(C=O)cn3)nn2C)cc1. The molecule has 0 aliphatic carbocycles. The Morgan fingerprint density at radius 1 is 0.949 bits per heavy atom. The molecule has 204 valence electrons. The molecular weight excluding hydrogens is 518 g/mol. The number of hydrogen-bond acceptors (Lipinski definition) is 8. The highest BCUT2D eigenvalue weighted by molar-refractivity contribution is 7.92. The first-order chi connectivity index (χ1) is 18.5. The van der Waals surface area contributed by atoms with Crippen LogP contribution in [0.2, 0.25) is 0 Å². The van der Waals surface area contributed by atoms with Crippen LogP contribution in [0.25, 0.3) is 11.3 Å². The summed E-state index contributed by atoms with van der Waals surface area (Å²) in [5.41, 5.74) is 3.85. The van der Waals surface area contributed by atoms with Gasteiger partial charge in [-0.15, -0.1) is 5.10 Å². The van der Waals surface area contributed by atoms with E-state index in [0.29, 0.717) is 17.5 Å². The fourth-order valence-electron chi connectivity index (χ4n) is 3.80. The van der Waals surface area contributed by atoms with E-state index < -0.39 is 10.0 Å². The zero-order chi connectivity index (χ0) is 28.2. The average molecular weight is 550 g/mol. The molecule has 0 saturated heterocycles. The number of benzene rings is 2. The highest BCUT2D eigenvalue weighted by atomic mass is 32.2. The fraction of sp³-hybridized carbons (Fsp3) is 0.286. The molecule has 0 atom stereocenters. The van der Waals surface area contributed by atoms with Crippen LogP contribution in [0, 0.1) is 6.92 Å². The summed E-state index contributed by atoms with van der Waals surface area (Å²) >= 11 is 0. The van der Waals surface area contributed by atoms with Gasteiger partial charge in [-0.1, -0.05) is 62.7 Å². The van der Waals surface area contributed by atoms with E-state index in [4.69, 9.17) is 9.47 Å². The molecule has 0 spiro atoms. The number of carbonyl (C=O) groups is 1. The molecule has 0 aliphatic heterocycles. The van der Waals surface area contributed by atoms with Crippen LogP contribution in [-0.4, -0.2) is 47.7 Å². The van der Waals surface area contributed by atoms with Crippen molar-refractivity contribution in [2.24, 2.45) is 7.05 Å². The lowest BCUT2D eigenvalue weighted by molar-refractivity contribution is 0.112. The third kappa shape index (κ3) is 6.61. The highest BCUT2D eigenvalue weighted by Gasteiger charge is 2.25. The topological polar surface area (TPSA) is 125 Å². The summed E-state index contributed by atoms with van der Waals surface area (Å²) in [4.78, 5) is 18.8. The van der Waals surface area contributed by atoms with Gasteiger partial charge in [-0.25, -0.2) is 18.4 Å². The van der Waals surface area contributed by atoms with E-state index in [1.807, 2.05) is 43.3 Å². The number of aromatic nitrogens is 4. The number of carbonyl (C=O) groups excluding carboxylic acids is 1. The summed E-state index contributed by atoms with van der Waals surface area (Å²) in [7, 11) is -2.25. The minimum Gasteiger partial charge on any atom is -0.471 e. The molecule has 0 aliphatic rings. The molecule has 10 nitrogen and oxygen atoms in total. The predicted octanol–water partition coefficient (Wildman–Crippen LogP) is 4.55. The van der Waals surface area contributed by atoms with Crippen molar-refractivity contribution in [1.82, 2.24) is 19.7 Å². The molecule has 11 heteroatoms. The number of anilines is 1. The van der Waals surface area contributed by atoms with Crippen LogP contribution in [0.5, 0.6) is 11.9 Å². The number of nitrogens with zero attached hydrogens (tertiary/aromatic N) is 4. The van der Waals surface area contributed by atoms with Crippen molar-refractivity contribution in [1.29, 1.82) is 0 Å². The van der Waals surface area contributed by atoms with Crippen molar-refractivity contribution in [3.05, 3.63) is 77.6 Å². The molecule has 2 aromatic heterocycles. The lowest BCUT2D eigenvalue weighted by atomic mass is 9.87. The highest BCUT2D eigenvalue weighted by Crippen LogP contribution is 2.37. The molecule has 1 N–H and O–H groups in total. The van der Waals surface area contributed by atoms with E-state index in [1.54, 1.807) is 23.9 Å². The van der Waals surface area contributed by atoms with Crippen molar-refractivity contribution in [3.8, 4) is 23.1 Å². The lowest BCUT2D eigenvalue weighted by Gasteiger charge is -2.19. The number of sulfonamides is 1. The van der Waals surface area contributed by atoms with Gasteiger partial charge < -0.3 is 9.47 Å². The minimum atomic E-state index is -3.97. The standard InChI is InChI=1S/C28H31N5O5S/c1-19-6-8-21(9-7-19)25-24(32-39(35,36)23-12-10-22(11-13-23)28(2,3)4)26(31-33(25)5)37-14-15-38-27-29-16-20(18-34)17-30-27/h6-13,16-18,32H,14-15H2,1-5H3. The van der Waals surface area contributed by atoms with E-state index in [-0.39, 0.29) is 41.1 Å². The Labute approximate surface area is 228 Å². The first-order valence-electron chi connectivity index (χ1n) is 12.3. The second-order valence-electron chi connectivity index (χ2n) is 10.0. The summed E-state index contributed by atoms with van der Waals surface area (Å²) in [6.45, 7) is 8.28. The number of ether oxygens (including phenoxy) is 2. The van der Waals surface area contributed by atoms with Gasteiger partial charge in [-0.05, 0) is 30.0 Å². The number of rotatable bonds is 10. The summed E-state index contributed by atoms with van der Waals surface area (Å²) in [6, 6.07) is 14.6. The number of aryl methyl sites for hydroxylation is 2. The maximum absolute atomic E-state index is 13.5. The Hall–Kier alpha value is -4.25. The van der Waals surface area contributed by atoms with Gasteiger partial charge in [0.15, 0.2) is 6.29 Å². The molecule has 0 bridgehead atoms. The average Bonchev–Trinajstić information content (AvgIpc) is 3.20. The van der Waals surface area contributed by atoms with Crippen LogP contribution in [-0.2, 0) is 22.5 Å². The van der Waals surface area contributed by atoms with E-state index in [9.17, 15) is 13.2 Å². The first-order valence-corrected chi connectivity index (χ1v) is 13.8. The van der Waals surface area contributed by atoms with Gasteiger partial charge in [0.25, 0.3) is 15.9 Å². The second-order valence-corrected chi connectivity index (χ2v) is 11.7. The molecule has 0 amide bonds. The van der Waals surface area contributed by atoms with E-state index in [0.717, 1.165) is 16.7 Å². The smallest absolute Gasteiger partial charge is 0.316 e. The summed E-state index contributed by atoms with van der Waals surface area (Å²) in [5, 5.41) is 4.44. The normalized spacial score (nSPS) is 11.7. The Balaban J connectivity index is 1.60. The van der Waals surface area contributed by atoms with Gasteiger partial charge in [-0.3, -0.25) is 14.2 Å². The Bertz CT molecular complexity index is 1540. The number of aldehydes is 1. The van der Waals surface area contributed by atoms with Crippen LogP contribution in [0.4, 0.5) is 5.69 Å². The van der Waals surface area contributed by atoms with Crippen LogP contribution in [0.15, 0.2) is 65.8 Å². The summed E-state index contributed by atoms with van der Waals surface area (Å²) < 4.78 is 42.5. The monoisotopic (exact) mass is 549 g/mol. The zero-order valence-corrected chi connectivity index (χ0v) is 23.3. The van der Waals surface area contributed by atoms with Crippen molar-refractivity contribution >= 4 is 22.0 Å². The van der Waals surface area contributed by atoms with Gasteiger partial charge in [-0.2, -0.15) is 0 Å². The van der Waals surface area contributed by atoms with Crippen LogP contribution in [0.1, 0.15) is 42.3 Å². The second kappa shape index (κ2) is 11.2. The maximum atomic E-state index is 13.5. The number of hydrogen-bond donors (Lipinski definition) is 1. The summed E-state index contributed by atoms with van der Waals surface area (Å²) in [5.74, 6) is 0.101. The predicted molar refractivity (Wildman–Crippen MR) is 148 cm³/mol. The Kier molecular flexibility index (Phi) is 8.01. The Morgan fingerprint density at radius 3 is 2.15 bits per heavy atom. The quantitative estimate of drug-likeness (QED) is 0.226. The molecule has 4 aromatic rings. The van der Waals surface area contributed by atoms with Gasteiger partial charge in [0.05, 0.1) is 16.2 Å². The molecule has 39 heavy (non-hydrogen) atoms. The van der Waals surface area contributed by atoms with Crippen molar-refractivity contribution < 1.29 is 22.7 Å². The van der Waals surface area contributed by atoms with Gasteiger partial charge >= 0.3 is 6.01 Å². The lowest BCUT2D eigenvalue weighted by Crippen LogP contribution is -2.16. The minimum absolute atomic E-state index is 0.0398. The largest absolute Gasteiger partial charge is 0.471 e. The molecule has 0 unspecified atom stereocenters. The third-order valence-electron chi connectivity index (χ3n) is 5.94. The molecule has 0 saturated carbocycles. The van der Waals surface area contributed by atoms with Gasteiger partial charge in [0, 0.05) is 25.0 Å². The Morgan fingerprint density at radius 2 is 1.56 bits per heavy atom. The third-order valence-corrected chi connectivity index (χ3v) is 7.31. The molecule has 2 aromatic carbocycles. The van der Waals surface area contributed by atoms with E-state index >= 15 is 0 Å². The number of nitrogens with one attached hydrogen (secondary N) is 1. The van der Waals surface area contributed by atoms with E-state index in [2.05, 4.69) is 40.6 Å². The molecule has 0 radical (unpaired) electrons. The van der Waals surface area contributed by atoms with Gasteiger partial charge in [0.2, 0.25) is 0 Å². The van der Waals surface area contributed by atoms with Crippen LogP contribution in [0.3, 0.4) is 0 Å². The molecule has 2 heterocycles. The van der Waals surface area contributed by atoms with Crippen LogP contribution >= 0.6 is 0 Å². The zero-order valence-electron chi connectivity index (χ0n) is 22.5. The molecular formula is C28H31N5O5S. The van der Waals surface area contributed by atoms with Crippen LogP contribution < -0.4 is 14.2 Å². The van der Waals surface area contributed by atoms with E-state index in [1.165, 1.54) is 12.4 Å². The van der Waals surface area contributed by atoms with Gasteiger partial charge in [0.1, 0.15) is 18.9 Å². The molecule has 4 rings (SSSR count). The first kappa shape index (κ1) is 27.8. The summed E-state index contributed by atoms with van der Waals surface area (Å²) in [6.07, 6.45) is 3.34. The maximum Gasteiger partial charge on any atom is 0.316 e. The van der Waals surface area contributed by atoms with Crippen molar-refractivity contribution in [2.45, 2.75) is 38.0 Å². The van der Waals surface area contributed by atoms with Crippen molar-refractivity contribution in [2.75, 3.05) is 17.9 Å².